The number of rotatable bonds is 3. The van der Waals surface area contributed by atoms with Crippen molar-refractivity contribution in [3.63, 3.8) is 0 Å². The third kappa shape index (κ3) is 2.73. The smallest absolute Gasteiger partial charge is 0.203 e. The molecule has 1 aliphatic rings. The lowest BCUT2D eigenvalue weighted by Gasteiger charge is -2.20. The first-order valence-electron chi connectivity index (χ1n) is 7.29. The fourth-order valence-electron chi connectivity index (χ4n) is 2.81. The van der Waals surface area contributed by atoms with Gasteiger partial charge in [-0.1, -0.05) is 19.1 Å². The summed E-state index contributed by atoms with van der Waals surface area (Å²) in [5.74, 6) is 1.03. The van der Waals surface area contributed by atoms with Crippen LogP contribution in [0.15, 0.2) is 24.3 Å². The van der Waals surface area contributed by atoms with Crippen molar-refractivity contribution in [2.75, 3.05) is 37.6 Å². The first-order chi connectivity index (χ1) is 9.36. The number of H-pyrrole nitrogens is 1. The standard InChI is InChI=1S/C15H22N4/c1-2-8-18-9-5-10-19(12-11-18)15-16-13-6-3-4-7-14(13)17-15/h3-4,6-7H,2,5,8-12H2,1H3,(H,16,17). The zero-order chi connectivity index (χ0) is 13.1. The highest BCUT2D eigenvalue weighted by atomic mass is 15.3. The van der Waals surface area contributed by atoms with Crippen LogP contribution in [-0.2, 0) is 0 Å². The van der Waals surface area contributed by atoms with Gasteiger partial charge in [-0.2, -0.15) is 0 Å². The molecule has 0 atom stereocenters. The SMILES string of the molecule is CCCN1CCCN(c2nc3ccccc3[nH]2)CC1. The van der Waals surface area contributed by atoms with Crippen LogP contribution >= 0.6 is 0 Å². The Morgan fingerprint density at radius 2 is 2.05 bits per heavy atom. The van der Waals surface area contributed by atoms with Gasteiger partial charge in [-0.3, -0.25) is 0 Å². The van der Waals surface area contributed by atoms with E-state index in [0.29, 0.717) is 0 Å². The van der Waals surface area contributed by atoms with Gasteiger partial charge in [0.2, 0.25) is 5.95 Å². The van der Waals surface area contributed by atoms with Gasteiger partial charge in [-0.25, -0.2) is 4.98 Å². The number of anilines is 1. The van der Waals surface area contributed by atoms with Crippen LogP contribution in [0, 0.1) is 0 Å². The van der Waals surface area contributed by atoms with Crippen molar-refractivity contribution in [3.05, 3.63) is 24.3 Å². The van der Waals surface area contributed by atoms with E-state index < -0.39 is 0 Å². The van der Waals surface area contributed by atoms with E-state index in [1.807, 2.05) is 6.07 Å². The number of para-hydroxylation sites is 2. The molecular formula is C15H22N4. The minimum absolute atomic E-state index is 1.03. The van der Waals surface area contributed by atoms with E-state index in [-0.39, 0.29) is 0 Å². The van der Waals surface area contributed by atoms with Crippen molar-refractivity contribution in [3.8, 4) is 0 Å². The molecule has 0 saturated carbocycles. The number of aromatic nitrogens is 2. The monoisotopic (exact) mass is 258 g/mol. The van der Waals surface area contributed by atoms with Crippen LogP contribution in [0.25, 0.3) is 11.0 Å². The molecule has 0 radical (unpaired) electrons. The van der Waals surface area contributed by atoms with Crippen molar-refractivity contribution in [1.29, 1.82) is 0 Å². The summed E-state index contributed by atoms with van der Waals surface area (Å²) in [5, 5.41) is 0. The van der Waals surface area contributed by atoms with Crippen LogP contribution in [0.2, 0.25) is 0 Å². The number of aromatic amines is 1. The summed E-state index contributed by atoms with van der Waals surface area (Å²) in [5.41, 5.74) is 2.19. The zero-order valence-electron chi connectivity index (χ0n) is 11.6. The van der Waals surface area contributed by atoms with Gasteiger partial charge in [0.15, 0.2) is 0 Å². The fourth-order valence-corrected chi connectivity index (χ4v) is 2.81. The second-order valence-corrected chi connectivity index (χ2v) is 5.26. The van der Waals surface area contributed by atoms with Crippen molar-refractivity contribution in [1.82, 2.24) is 14.9 Å². The van der Waals surface area contributed by atoms with Gasteiger partial charge in [-0.15, -0.1) is 0 Å². The first kappa shape index (κ1) is 12.5. The van der Waals surface area contributed by atoms with Gasteiger partial charge in [0, 0.05) is 19.6 Å². The number of imidazole rings is 1. The molecule has 1 N–H and O–H groups in total. The summed E-state index contributed by atoms with van der Waals surface area (Å²) in [6.45, 7) is 7.99. The molecule has 1 aromatic heterocycles. The maximum atomic E-state index is 4.70. The Kier molecular flexibility index (Phi) is 3.69. The Hall–Kier alpha value is -1.55. The van der Waals surface area contributed by atoms with E-state index in [4.69, 9.17) is 4.98 Å². The highest BCUT2D eigenvalue weighted by Gasteiger charge is 2.16. The molecule has 1 saturated heterocycles. The Balaban J connectivity index is 1.74. The molecule has 2 aromatic rings. The van der Waals surface area contributed by atoms with Crippen LogP contribution in [-0.4, -0.2) is 47.6 Å². The number of benzene rings is 1. The van der Waals surface area contributed by atoms with Gasteiger partial charge < -0.3 is 14.8 Å². The first-order valence-corrected chi connectivity index (χ1v) is 7.29. The minimum Gasteiger partial charge on any atom is -0.341 e. The average molecular weight is 258 g/mol. The fraction of sp³-hybridized carbons (Fsp3) is 0.533. The topological polar surface area (TPSA) is 35.2 Å². The quantitative estimate of drug-likeness (QED) is 0.918. The summed E-state index contributed by atoms with van der Waals surface area (Å²) in [6, 6.07) is 8.25. The molecule has 3 rings (SSSR count). The molecule has 1 fully saturated rings. The zero-order valence-corrected chi connectivity index (χ0v) is 11.6. The van der Waals surface area contributed by atoms with Crippen LogP contribution in [0.4, 0.5) is 5.95 Å². The largest absolute Gasteiger partial charge is 0.341 e. The number of nitrogens with zero attached hydrogens (tertiary/aromatic N) is 3. The summed E-state index contributed by atoms with van der Waals surface area (Å²) < 4.78 is 0. The van der Waals surface area contributed by atoms with Crippen LogP contribution in [0.5, 0.6) is 0 Å². The van der Waals surface area contributed by atoms with E-state index in [9.17, 15) is 0 Å². The molecule has 1 aliphatic heterocycles. The molecular weight excluding hydrogens is 236 g/mol. The van der Waals surface area contributed by atoms with Gasteiger partial charge >= 0.3 is 0 Å². The number of nitrogens with one attached hydrogen (secondary N) is 1. The van der Waals surface area contributed by atoms with Gasteiger partial charge in [0.25, 0.3) is 0 Å². The van der Waals surface area contributed by atoms with Crippen molar-refractivity contribution in [2.45, 2.75) is 19.8 Å². The maximum Gasteiger partial charge on any atom is 0.203 e. The number of hydrogen-bond acceptors (Lipinski definition) is 3. The number of fused-ring (bicyclic) bond motifs is 1. The molecule has 2 heterocycles. The summed E-state index contributed by atoms with van der Waals surface area (Å²) in [6.07, 6.45) is 2.46. The van der Waals surface area contributed by atoms with Crippen LogP contribution in [0.3, 0.4) is 0 Å². The number of hydrogen-bond donors (Lipinski definition) is 1. The second-order valence-electron chi connectivity index (χ2n) is 5.26. The van der Waals surface area contributed by atoms with Gasteiger partial charge in [-0.05, 0) is 38.1 Å². The molecule has 0 bridgehead atoms. The Bertz CT molecular complexity index is 501. The molecule has 4 nitrogen and oxygen atoms in total. The van der Waals surface area contributed by atoms with E-state index >= 15 is 0 Å². The predicted molar refractivity (Wildman–Crippen MR) is 79.7 cm³/mol. The Labute approximate surface area is 114 Å². The van der Waals surface area contributed by atoms with E-state index in [2.05, 4.69) is 39.9 Å². The van der Waals surface area contributed by atoms with Gasteiger partial charge in [0.05, 0.1) is 11.0 Å². The summed E-state index contributed by atoms with van der Waals surface area (Å²) in [7, 11) is 0. The molecule has 0 spiro atoms. The van der Waals surface area contributed by atoms with Crippen LogP contribution < -0.4 is 4.90 Å². The van der Waals surface area contributed by atoms with Crippen molar-refractivity contribution >= 4 is 17.0 Å². The van der Waals surface area contributed by atoms with Crippen molar-refractivity contribution < 1.29 is 0 Å². The molecule has 0 unspecified atom stereocenters. The molecule has 1 aromatic carbocycles. The lowest BCUT2D eigenvalue weighted by molar-refractivity contribution is 0.294. The highest BCUT2D eigenvalue weighted by Crippen LogP contribution is 2.18. The lowest BCUT2D eigenvalue weighted by Crippen LogP contribution is -2.31. The van der Waals surface area contributed by atoms with E-state index in [0.717, 1.165) is 36.6 Å². The molecule has 102 valence electrons. The second kappa shape index (κ2) is 5.61. The summed E-state index contributed by atoms with van der Waals surface area (Å²) in [4.78, 5) is 13.1. The maximum absolute atomic E-state index is 4.70. The Morgan fingerprint density at radius 3 is 2.89 bits per heavy atom. The van der Waals surface area contributed by atoms with Crippen molar-refractivity contribution in [2.24, 2.45) is 0 Å². The van der Waals surface area contributed by atoms with E-state index in [1.165, 1.54) is 25.9 Å². The third-order valence-corrected chi connectivity index (χ3v) is 3.80. The predicted octanol–water partition coefficient (Wildman–Crippen LogP) is 2.49. The average Bonchev–Trinajstić information content (AvgIpc) is 2.72. The normalized spacial score (nSPS) is 17.8. The Morgan fingerprint density at radius 1 is 1.16 bits per heavy atom. The molecule has 0 aliphatic carbocycles. The molecule has 19 heavy (non-hydrogen) atoms. The highest BCUT2D eigenvalue weighted by molar-refractivity contribution is 5.77. The molecule has 0 amide bonds. The van der Waals surface area contributed by atoms with Crippen LogP contribution in [0.1, 0.15) is 19.8 Å². The minimum atomic E-state index is 1.03. The van der Waals surface area contributed by atoms with E-state index in [1.54, 1.807) is 0 Å². The molecule has 4 heteroatoms. The summed E-state index contributed by atoms with van der Waals surface area (Å²) >= 11 is 0. The third-order valence-electron chi connectivity index (χ3n) is 3.80. The van der Waals surface area contributed by atoms with Gasteiger partial charge in [0.1, 0.15) is 0 Å². The lowest BCUT2D eigenvalue weighted by atomic mass is 10.3.